The van der Waals surface area contributed by atoms with E-state index >= 15 is 0 Å². The van der Waals surface area contributed by atoms with Gasteiger partial charge >= 0.3 is 0 Å². The smallest absolute Gasteiger partial charge is 0.222 e. The van der Waals surface area contributed by atoms with E-state index in [0.29, 0.717) is 18.1 Å². The first-order chi connectivity index (χ1) is 12.2. The first-order valence-electron chi connectivity index (χ1n) is 8.85. The fourth-order valence-electron chi connectivity index (χ4n) is 3.45. The third-order valence-corrected chi connectivity index (χ3v) is 4.97. The second kappa shape index (κ2) is 8.06. The number of phenolic OH excluding ortho intramolecular Hbond substituents is 1. The highest BCUT2D eigenvalue weighted by Gasteiger charge is 2.23. The summed E-state index contributed by atoms with van der Waals surface area (Å²) >= 11 is 0. The molecule has 1 heterocycles. The van der Waals surface area contributed by atoms with E-state index in [4.69, 9.17) is 4.74 Å². The van der Waals surface area contributed by atoms with Gasteiger partial charge in [0, 0.05) is 19.5 Å². The van der Waals surface area contributed by atoms with Crippen LogP contribution >= 0.6 is 0 Å². The van der Waals surface area contributed by atoms with Crippen molar-refractivity contribution >= 4 is 5.91 Å². The maximum absolute atomic E-state index is 12.5. The third-order valence-electron chi connectivity index (χ3n) is 4.97. The quantitative estimate of drug-likeness (QED) is 0.903. The van der Waals surface area contributed by atoms with Gasteiger partial charge in [-0.05, 0) is 60.6 Å². The molecule has 0 radical (unpaired) electrons. The van der Waals surface area contributed by atoms with Gasteiger partial charge in [0.1, 0.15) is 11.5 Å². The van der Waals surface area contributed by atoms with Gasteiger partial charge in [-0.2, -0.15) is 0 Å². The van der Waals surface area contributed by atoms with Crippen LogP contribution in [0.5, 0.6) is 11.5 Å². The van der Waals surface area contributed by atoms with Crippen LogP contribution in [0, 0.1) is 0 Å². The largest absolute Gasteiger partial charge is 0.508 e. The molecule has 1 aliphatic heterocycles. The van der Waals surface area contributed by atoms with Gasteiger partial charge in [0.05, 0.1) is 7.11 Å². The minimum Gasteiger partial charge on any atom is -0.508 e. The van der Waals surface area contributed by atoms with Crippen molar-refractivity contribution in [3.05, 3.63) is 59.7 Å². The van der Waals surface area contributed by atoms with E-state index in [1.165, 1.54) is 5.56 Å². The van der Waals surface area contributed by atoms with Crippen molar-refractivity contribution in [2.24, 2.45) is 0 Å². The lowest BCUT2D eigenvalue weighted by atomic mass is 9.89. The van der Waals surface area contributed by atoms with E-state index in [2.05, 4.69) is 0 Å². The predicted molar refractivity (Wildman–Crippen MR) is 98.0 cm³/mol. The number of phenols is 1. The molecule has 0 spiro atoms. The molecular weight excluding hydrogens is 314 g/mol. The van der Waals surface area contributed by atoms with Crippen LogP contribution in [0.15, 0.2) is 48.5 Å². The maximum atomic E-state index is 12.5. The number of hydrogen-bond donors (Lipinski definition) is 1. The highest BCUT2D eigenvalue weighted by atomic mass is 16.5. The molecule has 2 aromatic rings. The second-order valence-electron chi connectivity index (χ2n) is 6.60. The van der Waals surface area contributed by atoms with Crippen molar-refractivity contribution in [2.45, 2.75) is 31.6 Å². The third kappa shape index (κ3) is 4.53. The first-order valence-corrected chi connectivity index (χ1v) is 8.85. The van der Waals surface area contributed by atoms with Crippen LogP contribution in [0.25, 0.3) is 0 Å². The van der Waals surface area contributed by atoms with Crippen LogP contribution in [-0.2, 0) is 11.2 Å². The summed E-state index contributed by atoms with van der Waals surface area (Å²) in [4.78, 5) is 14.5. The van der Waals surface area contributed by atoms with Crippen molar-refractivity contribution in [1.82, 2.24) is 4.90 Å². The van der Waals surface area contributed by atoms with Gasteiger partial charge in [-0.1, -0.05) is 24.3 Å². The van der Waals surface area contributed by atoms with Crippen molar-refractivity contribution in [3.63, 3.8) is 0 Å². The molecule has 1 saturated heterocycles. The molecule has 2 aromatic carbocycles. The Balaban J connectivity index is 1.48. The van der Waals surface area contributed by atoms with E-state index in [-0.39, 0.29) is 5.91 Å². The standard InChI is InChI=1S/C21H25NO3/c1-25-20-4-2-3-16(15-20)5-10-21(24)22-13-11-18(12-14-22)17-6-8-19(23)9-7-17/h2-4,6-9,15,18,23H,5,10-14H2,1H3. The van der Waals surface area contributed by atoms with E-state index in [9.17, 15) is 9.90 Å². The predicted octanol–water partition coefficient (Wildman–Crippen LogP) is 3.74. The Labute approximate surface area is 149 Å². The maximum Gasteiger partial charge on any atom is 0.222 e. The molecule has 0 bridgehead atoms. The Morgan fingerprint density at radius 3 is 2.56 bits per heavy atom. The van der Waals surface area contributed by atoms with Gasteiger partial charge in [-0.25, -0.2) is 0 Å². The molecule has 0 atom stereocenters. The van der Waals surface area contributed by atoms with E-state index in [0.717, 1.165) is 43.7 Å². The summed E-state index contributed by atoms with van der Waals surface area (Å²) in [5, 5.41) is 9.40. The number of hydrogen-bond acceptors (Lipinski definition) is 3. The number of rotatable bonds is 5. The lowest BCUT2D eigenvalue weighted by Crippen LogP contribution is -2.38. The zero-order valence-corrected chi connectivity index (χ0v) is 14.6. The number of carbonyl (C=O) groups is 1. The van der Waals surface area contributed by atoms with Crippen molar-refractivity contribution in [2.75, 3.05) is 20.2 Å². The molecule has 1 fully saturated rings. The van der Waals surface area contributed by atoms with Crippen LogP contribution in [0.3, 0.4) is 0 Å². The van der Waals surface area contributed by atoms with Crippen LogP contribution < -0.4 is 4.74 Å². The summed E-state index contributed by atoms with van der Waals surface area (Å²) in [7, 11) is 1.66. The Morgan fingerprint density at radius 1 is 1.16 bits per heavy atom. The molecule has 1 N–H and O–H groups in total. The molecular formula is C21H25NO3. The number of carbonyl (C=O) groups excluding carboxylic acids is 1. The molecule has 3 rings (SSSR count). The van der Waals surface area contributed by atoms with Crippen molar-refractivity contribution in [3.8, 4) is 11.5 Å². The average Bonchev–Trinajstić information content (AvgIpc) is 2.67. The Morgan fingerprint density at radius 2 is 1.88 bits per heavy atom. The number of piperidine rings is 1. The van der Waals surface area contributed by atoms with E-state index in [1.54, 1.807) is 19.2 Å². The number of nitrogens with zero attached hydrogens (tertiary/aromatic N) is 1. The summed E-state index contributed by atoms with van der Waals surface area (Å²) in [6.07, 6.45) is 3.25. The van der Waals surface area contributed by atoms with Gasteiger partial charge in [-0.3, -0.25) is 4.79 Å². The SMILES string of the molecule is COc1cccc(CCC(=O)N2CCC(c3ccc(O)cc3)CC2)c1. The molecule has 0 unspecified atom stereocenters. The molecule has 1 aliphatic rings. The van der Waals surface area contributed by atoms with Crippen LogP contribution in [-0.4, -0.2) is 36.1 Å². The van der Waals surface area contributed by atoms with Gasteiger partial charge < -0.3 is 14.7 Å². The number of likely N-dealkylation sites (tertiary alicyclic amines) is 1. The fraction of sp³-hybridized carbons (Fsp3) is 0.381. The number of ether oxygens (including phenoxy) is 1. The number of benzene rings is 2. The zero-order valence-electron chi connectivity index (χ0n) is 14.6. The first kappa shape index (κ1) is 17.3. The zero-order chi connectivity index (χ0) is 17.6. The molecule has 0 aliphatic carbocycles. The minimum atomic E-state index is 0.229. The average molecular weight is 339 g/mol. The van der Waals surface area contributed by atoms with Gasteiger partial charge in [0.25, 0.3) is 0 Å². The molecule has 1 amide bonds. The molecule has 4 nitrogen and oxygen atoms in total. The topological polar surface area (TPSA) is 49.8 Å². The molecule has 25 heavy (non-hydrogen) atoms. The van der Waals surface area contributed by atoms with Crippen LogP contribution in [0.2, 0.25) is 0 Å². The molecule has 132 valence electrons. The Bertz CT molecular complexity index is 703. The minimum absolute atomic E-state index is 0.229. The summed E-state index contributed by atoms with van der Waals surface area (Å²) < 4.78 is 5.23. The summed E-state index contributed by atoms with van der Waals surface area (Å²) in [6, 6.07) is 15.3. The van der Waals surface area contributed by atoms with Crippen LogP contribution in [0.1, 0.15) is 36.3 Å². The lowest BCUT2D eigenvalue weighted by molar-refractivity contribution is -0.132. The highest BCUT2D eigenvalue weighted by Crippen LogP contribution is 2.29. The Kier molecular flexibility index (Phi) is 5.59. The number of aromatic hydroxyl groups is 1. The van der Waals surface area contributed by atoms with Gasteiger partial charge in [-0.15, -0.1) is 0 Å². The normalized spacial score (nSPS) is 15.2. The fourth-order valence-corrected chi connectivity index (χ4v) is 3.45. The summed E-state index contributed by atoms with van der Waals surface area (Å²) in [5.41, 5.74) is 2.38. The van der Waals surface area contributed by atoms with E-state index in [1.807, 2.05) is 41.3 Å². The summed E-state index contributed by atoms with van der Waals surface area (Å²) in [6.45, 7) is 1.62. The monoisotopic (exact) mass is 339 g/mol. The molecule has 0 aromatic heterocycles. The molecule has 0 saturated carbocycles. The Hall–Kier alpha value is -2.49. The summed E-state index contributed by atoms with van der Waals surface area (Å²) in [5.74, 6) is 1.84. The lowest BCUT2D eigenvalue weighted by Gasteiger charge is -2.32. The number of methoxy groups -OCH3 is 1. The van der Waals surface area contributed by atoms with Crippen molar-refractivity contribution in [1.29, 1.82) is 0 Å². The van der Waals surface area contributed by atoms with Gasteiger partial charge in [0.15, 0.2) is 0 Å². The highest BCUT2D eigenvalue weighted by molar-refractivity contribution is 5.76. The van der Waals surface area contributed by atoms with Gasteiger partial charge in [0.2, 0.25) is 5.91 Å². The number of aryl methyl sites for hydroxylation is 1. The van der Waals surface area contributed by atoms with Crippen molar-refractivity contribution < 1.29 is 14.6 Å². The second-order valence-corrected chi connectivity index (χ2v) is 6.60. The van der Waals surface area contributed by atoms with E-state index < -0.39 is 0 Å². The molecule has 4 heteroatoms. The number of amides is 1. The van der Waals surface area contributed by atoms with Crippen LogP contribution in [0.4, 0.5) is 0 Å².